The number of hydrogen-bond acceptors (Lipinski definition) is 3. The van der Waals surface area contributed by atoms with E-state index in [1.165, 1.54) is 0 Å². The van der Waals surface area contributed by atoms with E-state index < -0.39 is 0 Å². The molecule has 0 saturated carbocycles. The Bertz CT molecular complexity index is 187. The second kappa shape index (κ2) is 6.80. The van der Waals surface area contributed by atoms with Gasteiger partial charge >= 0.3 is 0 Å². The number of nitrogens with zero attached hydrogens (tertiary/aromatic N) is 1. The summed E-state index contributed by atoms with van der Waals surface area (Å²) >= 11 is 0. The smallest absolute Gasteiger partial charge is 0.236 e. The van der Waals surface area contributed by atoms with E-state index in [0.29, 0.717) is 12.5 Å². The maximum absolute atomic E-state index is 11.6. The van der Waals surface area contributed by atoms with Crippen molar-refractivity contribution in [1.82, 2.24) is 10.2 Å². The third-order valence-corrected chi connectivity index (χ3v) is 2.85. The average molecular weight is 214 g/mol. The molecule has 4 nitrogen and oxygen atoms in total. The van der Waals surface area contributed by atoms with Crippen molar-refractivity contribution >= 4 is 5.91 Å². The molecule has 1 unspecified atom stereocenters. The number of ether oxygens (including phenoxy) is 1. The van der Waals surface area contributed by atoms with Crippen molar-refractivity contribution in [3.63, 3.8) is 0 Å². The monoisotopic (exact) mass is 214 g/mol. The Hall–Kier alpha value is -0.610. The van der Waals surface area contributed by atoms with Crippen LogP contribution in [0.1, 0.15) is 20.3 Å². The number of amides is 1. The molecular formula is C11H22N2O2. The van der Waals surface area contributed by atoms with Crippen LogP contribution in [-0.4, -0.2) is 50.2 Å². The number of rotatable bonds is 6. The first-order valence-corrected chi connectivity index (χ1v) is 5.84. The van der Waals surface area contributed by atoms with Gasteiger partial charge in [-0.2, -0.15) is 0 Å². The predicted molar refractivity (Wildman–Crippen MR) is 59.7 cm³/mol. The Morgan fingerprint density at radius 2 is 2.20 bits per heavy atom. The van der Waals surface area contributed by atoms with Crippen LogP contribution >= 0.6 is 0 Å². The van der Waals surface area contributed by atoms with Crippen LogP contribution < -0.4 is 5.32 Å². The minimum absolute atomic E-state index is 0.193. The van der Waals surface area contributed by atoms with Gasteiger partial charge in [0, 0.05) is 26.2 Å². The van der Waals surface area contributed by atoms with Crippen LogP contribution in [0.4, 0.5) is 0 Å². The molecule has 0 spiro atoms. The number of likely N-dealkylation sites (N-methyl/N-ethyl adjacent to an activating group) is 1. The Morgan fingerprint density at radius 1 is 1.47 bits per heavy atom. The molecule has 0 aliphatic carbocycles. The summed E-state index contributed by atoms with van der Waals surface area (Å²) in [4.78, 5) is 13.5. The Labute approximate surface area is 92.0 Å². The molecule has 1 N–H and O–H groups in total. The van der Waals surface area contributed by atoms with Gasteiger partial charge in [-0.15, -0.1) is 0 Å². The van der Waals surface area contributed by atoms with Crippen molar-refractivity contribution in [2.75, 3.05) is 39.4 Å². The van der Waals surface area contributed by atoms with Gasteiger partial charge in [0.05, 0.1) is 13.2 Å². The highest BCUT2D eigenvalue weighted by atomic mass is 16.5. The van der Waals surface area contributed by atoms with Crippen molar-refractivity contribution < 1.29 is 9.53 Å². The van der Waals surface area contributed by atoms with Gasteiger partial charge in [-0.3, -0.25) is 4.79 Å². The minimum atomic E-state index is 0.193. The zero-order valence-electron chi connectivity index (χ0n) is 9.79. The van der Waals surface area contributed by atoms with Gasteiger partial charge in [-0.05, 0) is 26.2 Å². The highest BCUT2D eigenvalue weighted by Gasteiger charge is 2.16. The lowest BCUT2D eigenvalue weighted by molar-refractivity contribution is -0.129. The van der Waals surface area contributed by atoms with Gasteiger partial charge in [0.2, 0.25) is 5.91 Å². The van der Waals surface area contributed by atoms with Crippen LogP contribution in [0.5, 0.6) is 0 Å². The Kier molecular flexibility index (Phi) is 5.65. The molecule has 0 aromatic heterocycles. The van der Waals surface area contributed by atoms with Crippen molar-refractivity contribution in [3.05, 3.63) is 0 Å². The standard InChI is InChI=1S/C11H22N2O2/c1-3-13(4-2)11(14)8-12-7-10-5-6-15-9-10/h10,12H,3-9H2,1-2H3. The van der Waals surface area contributed by atoms with Gasteiger partial charge in [0.15, 0.2) is 0 Å². The van der Waals surface area contributed by atoms with Gasteiger partial charge in [-0.1, -0.05) is 0 Å². The van der Waals surface area contributed by atoms with Crippen LogP contribution in [0.15, 0.2) is 0 Å². The molecule has 1 amide bonds. The van der Waals surface area contributed by atoms with Gasteiger partial charge < -0.3 is 15.0 Å². The van der Waals surface area contributed by atoms with Crippen LogP contribution in [0.2, 0.25) is 0 Å². The summed E-state index contributed by atoms with van der Waals surface area (Å²) in [6, 6.07) is 0. The zero-order chi connectivity index (χ0) is 11.1. The van der Waals surface area contributed by atoms with E-state index in [2.05, 4.69) is 5.32 Å². The minimum Gasteiger partial charge on any atom is -0.381 e. The van der Waals surface area contributed by atoms with Crippen molar-refractivity contribution in [2.24, 2.45) is 5.92 Å². The lowest BCUT2D eigenvalue weighted by Crippen LogP contribution is -2.39. The molecule has 1 saturated heterocycles. The molecule has 1 aliphatic heterocycles. The first-order chi connectivity index (χ1) is 7.27. The summed E-state index contributed by atoms with van der Waals surface area (Å²) in [5.74, 6) is 0.786. The van der Waals surface area contributed by atoms with Crippen LogP contribution in [0, 0.1) is 5.92 Å². The normalized spacial score (nSPS) is 20.5. The van der Waals surface area contributed by atoms with E-state index in [1.54, 1.807) is 0 Å². The summed E-state index contributed by atoms with van der Waals surface area (Å²) in [6.07, 6.45) is 1.12. The van der Waals surface area contributed by atoms with Gasteiger partial charge in [0.25, 0.3) is 0 Å². The van der Waals surface area contributed by atoms with E-state index in [9.17, 15) is 4.79 Å². The predicted octanol–water partition coefficient (Wildman–Crippen LogP) is 0.481. The van der Waals surface area contributed by atoms with Crippen molar-refractivity contribution in [2.45, 2.75) is 20.3 Å². The van der Waals surface area contributed by atoms with E-state index in [4.69, 9.17) is 4.74 Å². The second-order valence-electron chi connectivity index (χ2n) is 3.93. The summed E-state index contributed by atoms with van der Waals surface area (Å²) in [6.45, 7) is 8.67. The van der Waals surface area contributed by atoms with E-state index in [-0.39, 0.29) is 5.91 Å². The SMILES string of the molecule is CCN(CC)C(=O)CNCC1CCOC1. The Balaban J connectivity index is 2.10. The fourth-order valence-corrected chi connectivity index (χ4v) is 1.82. The molecule has 88 valence electrons. The zero-order valence-corrected chi connectivity index (χ0v) is 9.79. The molecule has 1 fully saturated rings. The molecule has 1 aliphatic rings. The first kappa shape index (κ1) is 12.5. The molecular weight excluding hydrogens is 192 g/mol. The third-order valence-electron chi connectivity index (χ3n) is 2.85. The second-order valence-corrected chi connectivity index (χ2v) is 3.93. The van der Waals surface area contributed by atoms with Gasteiger partial charge in [-0.25, -0.2) is 0 Å². The molecule has 0 aromatic carbocycles. The fourth-order valence-electron chi connectivity index (χ4n) is 1.82. The molecule has 1 rings (SSSR count). The quantitative estimate of drug-likeness (QED) is 0.699. The molecule has 1 atom stereocenters. The maximum Gasteiger partial charge on any atom is 0.236 e. The highest BCUT2D eigenvalue weighted by Crippen LogP contribution is 2.10. The summed E-state index contributed by atoms with van der Waals surface area (Å²) < 4.78 is 5.27. The molecule has 1 heterocycles. The van der Waals surface area contributed by atoms with Gasteiger partial charge in [0.1, 0.15) is 0 Å². The fraction of sp³-hybridized carbons (Fsp3) is 0.909. The lowest BCUT2D eigenvalue weighted by atomic mass is 10.1. The van der Waals surface area contributed by atoms with Crippen LogP contribution in [0.25, 0.3) is 0 Å². The van der Waals surface area contributed by atoms with E-state index >= 15 is 0 Å². The maximum atomic E-state index is 11.6. The largest absolute Gasteiger partial charge is 0.381 e. The van der Waals surface area contributed by atoms with E-state index in [1.807, 2.05) is 18.7 Å². The van der Waals surface area contributed by atoms with Crippen molar-refractivity contribution in [3.8, 4) is 0 Å². The number of carbonyl (C=O) groups excluding carboxylic acids is 1. The number of nitrogens with one attached hydrogen (secondary N) is 1. The Morgan fingerprint density at radius 3 is 2.73 bits per heavy atom. The summed E-state index contributed by atoms with van der Waals surface area (Å²) in [5, 5.41) is 3.20. The van der Waals surface area contributed by atoms with Crippen molar-refractivity contribution in [1.29, 1.82) is 0 Å². The van der Waals surface area contributed by atoms with Crippen LogP contribution in [0.3, 0.4) is 0 Å². The number of carbonyl (C=O) groups is 1. The lowest BCUT2D eigenvalue weighted by Gasteiger charge is -2.19. The summed E-state index contributed by atoms with van der Waals surface area (Å²) in [7, 11) is 0. The molecule has 0 aromatic rings. The average Bonchev–Trinajstić information content (AvgIpc) is 2.72. The summed E-state index contributed by atoms with van der Waals surface area (Å²) in [5.41, 5.74) is 0. The first-order valence-electron chi connectivity index (χ1n) is 5.84. The molecule has 15 heavy (non-hydrogen) atoms. The molecule has 0 bridgehead atoms. The third kappa shape index (κ3) is 4.18. The topological polar surface area (TPSA) is 41.6 Å². The molecule has 4 heteroatoms. The number of hydrogen-bond donors (Lipinski definition) is 1. The van der Waals surface area contributed by atoms with Crippen LogP contribution in [-0.2, 0) is 9.53 Å². The molecule has 0 radical (unpaired) electrons. The van der Waals surface area contributed by atoms with E-state index in [0.717, 1.165) is 39.3 Å². The highest BCUT2D eigenvalue weighted by molar-refractivity contribution is 5.78.